The van der Waals surface area contributed by atoms with E-state index in [0.29, 0.717) is 17.1 Å². The van der Waals surface area contributed by atoms with E-state index < -0.39 is 0 Å². The molecule has 1 aromatic carbocycles. The fourth-order valence-electron chi connectivity index (χ4n) is 1.75. The van der Waals surface area contributed by atoms with Crippen LogP contribution in [0.25, 0.3) is 0 Å². The molecule has 96 valence electrons. The molecule has 2 aromatic rings. The highest BCUT2D eigenvalue weighted by atomic mass is 35.5. The molecular formula is C13H15ClFN3. The highest BCUT2D eigenvalue weighted by Gasteiger charge is 2.05. The third-order valence-electron chi connectivity index (χ3n) is 2.71. The first-order chi connectivity index (χ1) is 8.66. The Balaban J connectivity index is 1.82. The standard InChI is InChI=1S/C13H15ClFN3/c1-18-9-10(7-17-18)5-6-16-8-11-12(14)3-2-4-13(11)15/h2-4,7,9,16H,5-6,8H2,1H3. The number of nitrogens with zero attached hydrogens (tertiary/aromatic N) is 2. The molecule has 0 bridgehead atoms. The van der Waals surface area contributed by atoms with Gasteiger partial charge in [0.05, 0.1) is 6.20 Å². The monoisotopic (exact) mass is 267 g/mol. The zero-order valence-electron chi connectivity index (χ0n) is 10.2. The number of nitrogens with one attached hydrogen (secondary N) is 1. The molecule has 5 heteroatoms. The molecule has 3 nitrogen and oxygen atoms in total. The van der Waals surface area contributed by atoms with Crippen molar-refractivity contribution in [3.8, 4) is 0 Å². The van der Waals surface area contributed by atoms with Crippen molar-refractivity contribution in [3.63, 3.8) is 0 Å². The summed E-state index contributed by atoms with van der Waals surface area (Å²) in [6, 6.07) is 4.73. The Morgan fingerprint density at radius 2 is 2.28 bits per heavy atom. The van der Waals surface area contributed by atoms with Gasteiger partial charge in [-0.2, -0.15) is 5.10 Å². The van der Waals surface area contributed by atoms with Crippen LogP contribution < -0.4 is 5.32 Å². The van der Waals surface area contributed by atoms with E-state index in [1.54, 1.807) is 16.8 Å². The van der Waals surface area contributed by atoms with Crippen molar-refractivity contribution in [2.75, 3.05) is 6.54 Å². The molecule has 2 rings (SSSR count). The SMILES string of the molecule is Cn1cc(CCNCc2c(F)cccc2Cl)cn1. The average Bonchev–Trinajstić information content (AvgIpc) is 2.73. The molecule has 0 amide bonds. The minimum atomic E-state index is -0.267. The van der Waals surface area contributed by atoms with Crippen LogP contribution in [0.2, 0.25) is 5.02 Å². The van der Waals surface area contributed by atoms with Gasteiger partial charge in [0.15, 0.2) is 0 Å². The smallest absolute Gasteiger partial charge is 0.129 e. The number of hydrogen-bond donors (Lipinski definition) is 1. The minimum absolute atomic E-state index is 0.267. The van der Waals surface area contributed by atoms with Crippen molar-refractivity contribution in [3.05, 3.63) is 52.6 Å². The van der Waals surface area contributed by atoms with Gasteiger partial charge in [-0.15, -0.1) is 0 Å². The molecule has 1 aromatic heterocycles. The summed E-state index contributed by atoms with van der Waals surface area (Å²) in [6.07, 6.45) is 4.66. The average molecular weight is 268 g/mol. The van der Waals surface area contributed by atoms with Crippen LogP contribution in [0.1, 0.15) is 11.1 Å². The van der Waals surface area contributed by atoms with E-state index in [1.165, 1.54) is 6.07 Å². The third-order valence-corrected chi connectivity index (χ3v) is 3.07. The van der Waals surface area contributed by atoms with Crippen molar-refractivity contribution in [1.29, 1.82) is 0 Å². The molecule has 1 heterocycles. The Bertz CT molecular complexity index is 504. The van der Waals surface area contributed by atoms with E-state index in [1.807, 2.05) is 19.4 Å². The number of aromatic nitrogens is 2. The van der Waals surface area contributed by atoms with Crippen molar-refractivity contribution in [2.45, 2.75) is 13.0 Å². The quantitative estimate of drug-likeness (QED) is 0.844. The van der Waals surface area contributed by atoms with Gasteiger partial charge in [-0.05, 0) is 30.7 Å². The molecule has 0 saturated carbocycles. The summed E-state index contributed by atoms with van der Waals surface area (Å²) in [5.41, 5.74) is 1.68. The summed E-state index contributed by atoms with van der Waals surface area (Å²) in [4.78, 5) is 0. The van der Waals surface area contributed by atoms with Crippen LogP contribution in [-0.2, 0) is 20.0 Å². The highest BCUT2D eigenvalue weighted by Crippen LogP contribution is 2.18. The predicted octanol–water partition coefficient (Wildman–Crippen LogP) is 2.54. The summed E-state index contributed by atoms with van der Waals surface area (Å²) < 4.78 is 15.2. The van der Waals surface area contributed by atoms with Crippen LogP contribution in [0, 0.1) is 5.82 Å². The van der Waals surface area contributed by atoms with E-state index in [9.17, 15) is 4.39 Å². The normalized spacial score (nSPS) is 10.8. The number of hydrogen-bond acceptors (Lipinski definition) is 2. The molecule has 0 unspecified atom stereocenters. The largest absolute Gasteiger partial charge is 0.312 e. The second kappa shape index (κ2) is 5.98. The van der Waals surface area contributed by atoms with Crippen molar-refractivity contribution < 1.29 is 4.39 Å². The van der Waals surface area contributed by atoms with Crippen LogP contribution in [0.5, 0.6) is 0 Å². The van der Waals surface area contributed by atoms with E-state index in [-0.39, 0.29) is 5.82 Å². The fourth-order valence-corrected chi connectivity index (χ4v) is 1.98. The van der Waals surface area contributed by atoms with Gasteiger partial charge < -0.3 is 5.32 Å². The maximum atomic E-state index is 13.5. The maximum absolute atomic E-state index is 13.5. The fraction of sp³-hybridized carbons (Fsp3) is 0.308. The summed E-state index contributed by atoms with van der Waals surface area (Å²) in [7, 11) is 1.88. The van der Waals surface area contributed by atoms with Crippen LogP contribution >= 0.6 is 11.6 Å². The number of aryl methyl sites for hydroxylation is 1. The molecule has 0 aliphatic rings. The minimum Gasteiger partial charge on any atom is -0.312 e. The Labute approximate surface area is 111 Å². The Kier molecular flexibility index (Phi) is 4.33. The lowest BCUT2D eigenvalue weighted by molar-refractivity contribution is 0.588. The Morgan fingerprint density at radius 3 is 2.94 bits per heavy atom. The van der Waals surface area contributed by atoms with Crippen LogP contribution in [0.4, 0.5) is 4.39 Å². The second-order valence-corrected chi connectivity index (χ2v) is 4.56. The number of rotatable bonds is 5. The second-order valence-electron chi connectivity index (χ2n) is 4.15. The molecule has 1 N–H and O–H groups in total. The number of benzene rings is 1. The van der Waals surface area contributed by atoms with Crippen LogP contribution in [-0.4, -0.2) is 16.3 Å². The van der Waals surface area contributed by atoms with E-state index >= 15 is 0 Å². The van der Waals surface area contributed by atoms with E-state index in [2.05, 4.69) is 10.4 Å². The lowest BCUT2D eigenvalue weighted by Crippen LogP contribution is -2.17. The molecule has 0 saturated heterocycles. The van der Waals surface area contributed by atoms with Gasteiger partial charge in [0.2, 0.25) is 0 Å². The zero-order valence-corrected chi connectivity index (χ0v) is 10.9. The molecule has 0 radical (unpaired) electrons. The van der Waals surface area contributed by atoms with Crippen LogP contribution in [0.15, 0.2) is 30.6 Å². The van der Waals surface area contributed by atoms with Gasteiger partial charge in [-0.1, -0.05) is 17.7 Å². The van der Waals surface area contributed by atoms with Gasteiger partial charge in [0.25, 0.3) is 0 Å². The molecule has 18 heavy (non-hydrogen) atoms. The van der Waals surface area contributed by atoms with Gasteiger partial charge in [-0.25, -0.2) is 4.39 Å². The molecular weight excluding hydrogens is 253 g/mol. The summed E-state index contributed by atoms with van der Waals surface area (Å²) in [5, 5.41) is 7.73. The highest BCUT2D eigenvalue weighted by molar-refractivity contribution is 6.31. The first-order valence-corrected chi connectivity index (χ1v) is 6.16. The van der Waals surface area contributed by atoms with E-state index in [4.69, 9.17) is 11.6 Å². The topological polar surface area (TPSA) is 29.9 Å². The molecule has 0 atom stereocenters. The van der Waals surface area contributed by atoms with Gasteiger partial charge in [0.1, 0.15) is 5.82 Å². The third kappa shape index (κ3) is 3.31. The lowest BCUT2D eigenvalue weighted by Gasteiger charge is -2.07. The first-order valence-electron chi connectivity index (χ1n) is 5.78. The van der Waals surface area contributed by atoms with Gasteiger partial charge in [0, 0.05) is 30.4 Å². The van der Waals surface area contributed by atoms with Crippen molar-refractivity contribution in [2.24, 2.45) is 7.05 Å². The predicted molar refractivity (Wildman–Crippen MR) is 70.0 cm³/mol. The van der Waals surface area contributed by atoms with Gasteiger partial charge >= 0.3 is 0 Å². The van der Waals surface area contributed by atoms with Crippen molar-refractivity contribution >= 4 is 11.6 Å². The zero-order chi connectivity index (χ0) is 13.0. The summed E-state index contributed by atoms with van der Waals surface area (Å²) >= 11 is 5.94. The molecule has 0 spiro atoms. The molecule has 0 fully saturated rings. The Hall–Kier alpha value is -1.39. The summed E-state index contributed by atoms with van der Waals surface area (Å²) in [6.45, 7) is 1.20. The lowest BCUT2D eigenvalue weighted by atomic mass is 10.2. The molecule has 0 aliphatic carbocycles. The van der Waals surface area contributed by atoms with Crippen molar-refractivity contribution in [1.82, 2.24) is 15.1 Å². The number of halogens is 2. The molecule has 0 aliphatic heterocycles. The van der Waals surface area contributed by atoms with E-state index in [0.717, 1.165) is 18.5 Å². The summed E-state index contributed by atoms with van der Waals surface area (Å²) in [5.74, 6) is -0.267. The maximum Gasteiger partial charge on any atom is 0.129 e. The van der Waals surface area contributed by atoms with Gasteiger partial charge in [-0.3, -0.25) is 4.68 Å². The first kappa shape index (κ1) is 13.1. The Morgan fingerprint density at radius 1 is 1.44 bits per heavy atom. The van der Waals surface area contributed by atoms with Crippen LogP contribution in [0.3, 0.4) is 0 Å².